The van der Waals surface area contributed by atoms with E-state index in [1.165, 1.54) is 26.8 Å². The Morgan fingerprint density at radius 2 is 1.74 bits per heavy atom. The summed E-state index contributed by atoms with van der Waals surface area (Å²) in [5.74, 6) is 0. The van der Waals surface area contributed by atoms with E-state index in [0.717, 1.165) is 17.0 Å². The molecule has 0 aliphatic rings. The first-order chi connectivity index (χ1) is 11.2. The monoisotopic (exact) mass is 316 g/mol. The molecule has 4 rings (SSSR count). The van der Waals surface area contributed by atoms with Gasteiger partial charge in [0, 0.05) is 23.5 Å². The van der Waals surface area contributed by atoms with Crippen LogP contribution in [0.25, 0.3) is 32.6 Å². The standard InChI is InChI=1S/C20H16N2S/c1-13-5-3-6-14(2)19(13)20-16(7-4-9-21-20)17-11-15-8-10-23-18(15)12-22-17/h3-12H,1-2H3. The van der Waals surface area contributed by atoms with Crippen LogP contribution in [0.4, 0.5) is 0 Å². The highest BCUT2D eigenvalue weighted by Crippen LogP contribution is 2.34. The normalized spacial score (nSPS) is 11.0. The maximum absolute atomic E-state index is 4.68. The number of aryl methyl sites for hydroxylation is 2. The molecular weight excluding hydrogens is 300 g/mol. The SMILES string of the molecule is Cc1cccc(C)c1-c1ncccc1-c1cc2ccsc2cn1. The molecule has 0 saturated heterocycles. The first-order valence-electron chi connectivity index (χ1n) is 7.59. The molecule has 0 spiro atoms. The second-order valence-electron chi connectivity index (χ2n) is 5.69. The highest BCUT2D eigenvalue weighted by atomic mass is 32.1. The van der Waals surface area contributed by atoms with E-state index < -0.39 is 0 Å². The van der Waals surface area contributed by atoms with Gasteiger partial charge in [-0.15, -0.1) is 11.3 Å². The summed E-state index contributed by atoms with van der Waals surface area (Å²) in [6.07, 6.45) is 3.81. The Hall–Kier alpha value is -2.52. The molecule has 0 fully saturated rings. The van der Waals surface area contributed by atoms with Gasteiger partial charge in [0.2, 0.25) is 0 Å². The van der Waals surface area contributed by atoms with Crippen molar-refractivity contribution < 1.29 is 0 Å². The summed E-state index contributed by atoms with van der Waals surface area (Å²) in [5.41, 5.74) is 6.74. The quantitative estimate of drug-likeness (QED) is 0.478. The Bertz CT molecular complexity index is 981. The number of nitrogens with zero attached hydrogens (tertiary/aromatic N) is 2. The molecule has 3 heteroatoms. The Balaban J connectivity index is 1.97. The van der Waals surface area contributed by atoms with Gasteiger partial charge in [0.25, 0.3) is 0 Å². The average Bonchev–Trinajstić information content (AvgIpc) is 3.03. The number of fused-ring (bicyclic) bond motifs is 1. The molecule has 0 aliphatic heterocycles. The lowest BCUT2D eigenvalue weighted by Gasteiger charge is -2.13. The number of aromatic nitrogens is 2. The highest BCUT2D eigenvalue weighted by molar-refractivity contribution is 7.17. The minimum absolute atomic E-state index is 0.974. The van der Waals surface area contributed by atoms with Gasteiger partial charge < -0.3 is 0 Å². The van der Waals surface area contributed by atoms with Gasteiger partial charge in [0.1, 0.15) is 0 Å². The largest absolute Gasteiger partial charge is 0.256 e. The topological polar surface area (TPSA) is 25.8 Å². The fraction of sp³-hybridized carbons (Fsp3) is 0.100. The molecule has 4 aromatic rings. The molecule has 3 heterocycles. The molecule has 0 bridgehead atoms. The van der Waals surface area contributed by atoms with Crippen molar-refractivity contribution in [1.29, 1.82) is 0 Å². The molecule has 0 aliphatic carbocycles. The Morgan fingerprint density at radius 3 is 2.57 bits per heavy atom. The van der Waals surface area contributed by atoms with Gasteiger partial charge in [-0.3, -0.25) is 9.97 Å². The molecule has 0 N–H and O–H groups in total. The summed E-state index contributed by atoms with van der Waals surface area (Å²) in [5, 5.41) is 3.34. The van der Waals surface area contributed by atoms with Crippen molar-refractivity contribution in [3.8, 4) is 22.5 Å². The molecule has 0 amide bonds. The summed E-state index contributed by atoms with van der Waals surface area (Å²) in [6.45, 7) is 4.27. The lowest BCUT2D eigenvalue weighted by atomic mass is 9.95. The van der Waals surface area contributed by atoms with E-state index in [9.17, 15) is 0 Å². The number of pyridine rings is 2. The van der Waals surface area contributed by atoms with E-state index in [4.69, 9.17) is 0 Å². The van der Waals surface area contributed by atoms with E-state index in [1.54, 1.807) is 11.3 Å². The molecular formula is C20H16N2S. The van der Waals surface area contributed by atoms with Crippen molar-refractivity contribution in [2.24, 2.45) is 0 Å². The van der Waals surface area contributed by atoms with Gasteiger partial charge in [0.05, 0.1) is 16.1 Å². The second kappa shape index (κ2) is 5.60. The predicted octanol–water partition coefficient (Wildman–Crippen LogP) is 5.64. The summed E-state index contributed by atoms with van der Waals surface area (Å²) in [6, 6.07) is 14.7. The first kappa shape index (κ1) is 14.1. The van der Waals surface area contributed by atoms with Gasteiger partial charge in [-0.2, -0.15) is 0 Å². The minimum atomic E-state index is 0.974. The number of rotatable bonds is 2. The molecule has 112 valence electrons. The second-order valence-corrected chi connectivity index (χ2v) is 6.64. The highest BCUT2D eigenvalue weighted by Gasteiger charge is 2.14. The van der Waals surface area contributed by atoms with E-state index >= 15 is 0 Å². The van der Waals surface area contributed by atoms with E-state index in [2.05, 4.69) is 65.6 Å². The maximum atomic E-state index is 4.68. The third-order valence-corrected chi connectivity index (χ3v) is 5.01. The Kier molecular flexibility index (Phi) is 3.43. The van der Waals surface area contributed by atoms with Crippen LogP contribution in [0.15, 0.2) is 60.2 Å². The van der Waals surface area contributed by atoms with Crippen molar-refractivity contribution in [1.82, 2.24) is 9.97 Å². The lowest BCUT2D eigenvalue weighted by molar-refractivity contribution is 1.26. The first-order valence-corrected chi connectivity index (χ1v) is 8.47. The zero-order valence-electron chi connectivity index (χ0n) is 13.1. The van der Waals surface area contributed by atoms with Crippen molar-refractivity contribution in [3.63, 3.8) is 0 Å². The lowest BCUT2D eigenvalue weighted by Crippen LogP contribution is -1.95. The van der Waals surface area contributed by atoms with Crippen LogP contribution in [0, 0.1) is 13.8 Å². The van der Waals surface area contributed by atoms with Crippen molar-refractivity contribution in [2.45, 2.75) is 13.8 Å². The van der Waals surface area contributed by atoms with Gasteiger partial charge in [-0.25, -0.2) is 0 Å². The van der Waals surface area contributed by atoms with E-state index in [0.29, 0.717) is 0 Å². The molecule has 1 aromatic carbocycles. The molecule has 0 radical (unpaired) electrons. The third kappa shape index (κ3) is 2.43. The molecule has 3 aromatic heterocycles. The zero-order chi connectivity index (χ0) is 15.8. The summed E-state index contributed by atoms with van der Waals surface area (Å²) in [7, 11) is 0. The van der Waals surface area contributed by atoms with Gasteiger partial charge >= 0.3 is 0 Å². The number of hydrogen-bond acceptors (Lipinski definition) is 3. The number of benzene rings is 1. The van der Waals surface area contributed by atoms with Crippen molar-refractivity contribution in [3.05, 3.63) is 71.4 Å². The smallest absolute Gasteiger partial charge is 0.0801 e. The van der Waals surface area contributed by atoms with Gasteiger partial charge in [-0.1, -0.05) is 18.2 Å². The molecule has 2 nitrogen and oxygen atoms in total. The van der Waals surface area contributed by atoms with Crippen LogP contribution in [0.3, 0.4) is 0 Å². The fourth-order valence-electron chi connectivity index (χ4n) is 3.01. The average molecular weight is 316 g/mol. The Morgan fingerprint density at radius 1 is 0.913 bits per heavy atom. The van der Waals surface area contributed by atoms with Crippen LogP contribution >= 0.6 is 11.3 Å². The van der Waals surface area contributed by atoms with E-state index in [-0.39, 0.29) is 0 Å². The third-order valence-electron chi connectivity index (χ3n) is 4.14. The molecule has 0 saturated carbocycles. The Labute approximate surface area is 139 Å². The minimum Gasteiger partial charge on any atom is -0.256 e. The van der Waals surface area contributed by atoms with Crippen LogP contribution in [-0.4, -0.2) is 9.97 Å². The molecule has 23 heavy (non-hydrogen) atoms. The van der Waals surface area contributed by atoms with E-state index in [1.807, 2.05) is 18.5 Å². The molecule has 0 atom stereocenters. The van der Waals surface area contributed by atoms with Gasteiger partial charge in [-0.05, 0) is 60.0 Å². The predicted molar refractivity (Wildman–Crippen MR) is 97.8 cm³/mol. The summed E-state index contributed by atoms with van der Waals surface area (Å²) in [4.78, 5) is 9.34. The summed E-state index contributed by atoms with van der Waals surface area (Å²) < 4.78 is 1.21. The van der Waals surface area contributed by atoms with Crippen LogP contribution in [0.1, 0.15) is 11.1 Å². The number of hydrogen-bond donors (Lipinski definition) is 0. The number of thiophene rings is 1. The van der Waals surface area contributed by atoms with Crippen LogP contribution in [0.5, 0.6) is 0 Å². The fourth-order valence-corrected chi connectivity index (χ4v) is 3.75. The van der Waals surface area contributed by atoms with Gasteiger partial charge in [0.15, 0.2) is 0 Å². The maximum Gasteiger partial charge on any atom is 0.0801 e. The van der Waals surface area contributed by atoms with Crippen LogP contribution < -0.4 is 0 Å². The van der Waals surface area contributed by atoms with Crippen molar-refractivity contribution in [2.75, 3.05) is 0 Å². The van der Waals surface area contributed by atoms with Crippen LogP contribution in [-0.2, 0) is 0 Å². The molecule has 0 unspecified atom stereocenters. The zero-order valence-corrected chi connectivity index (χ0v) is 13.9. The summed E-state index contributed by atoms with van der Waals surface area (Å²) >= 11 is 1.72. The van der Waals surface area contributed by atoms with Crippen LogP contribution in [0.2, 0.25) is 0 Å². The van der Waals surface area contributed by atoms with Crippen molar-refractivity contribution >= 4 is 21.4 Å².